The van der Waals surface area contributed by atoms with Crippen molar-refractivity contribution in [2.45, 2.75) is 38.8 Å². The van der Waals surface area contributed by atoms with Crippen LogP contribution in [0.25, 0.3) is 0 Å². The fourth-order valence-corrected chi connectivity index (χ4v) is 2.10. The SMILES string of the molecule is CCn1ncnc1CC(N)C(C)c1ccccc1. The molecule has 2 N–H and O–H groups in total. The summed E-state index contributed by atoms with van der Waals surface area (Å²) >= 11 is 0. The highest BCUT2D eigenvalue weighted by atomic mass is 15.3. The molecule has 2 unspecified atom stereocenters. The average Bonchev–Trinajstić information content (AvgIpc) is 2.86. The van der Waals surface area contributed by atoms with Crippen molar-refractivity contribution in [3.8, 4) is 0 Å². The second-order valence-electron chi connectivity index (χ2n) is 4.56. The molecule has 96 valence electrons. The lowest BCUT2D eigenvalue weighted by molar-refractivity contribution is 0.520. The van der Waals surface area contributed by atoms with Gasteiger partial charge >= 0.3 is 0 Å². The van der Waals surface area contributed by atoms with Gasteiger partial charge in [0, 0.05) is 19.0 Å². The molecule has 0 spiro atoms. The molecule has 0 saturated carbocycles. The van der Waals surface area contributed by atoms with E-state index in [1.807, 2.05) is 22.9 Å². The first kappa shape index (κ1) is 12.8. The Labute approximate surface area is 108 Å². The number of nitrogens with zero attached hydrogens (tertiary/aromatic N) is 3. The minimum Gasteiger partial charge on any atom is -0.327 e. The number of hydrogen-bond donors (Lipinski definition) is 1. The number of benzene rings is 1. The van der Waals surface area contributed by atoms with Crippen LogP contribution in [0, 0.1) is 0 Å². The summed E-state index contributed by atoms with van der Waals surface area (Å²) in [6.45, 7) is 5.05. The minimum atomic E-state index is 0.0573. The van der Waals surface area contributed by atoms with Crippen molar-refractivity contribution in [1.82, 2.24) is 14.8 Å². The zero-order valence-electron chi connectivity index (χ0n) is 11.0. The van der Waals surface area contributed by atoms with Crippen molar-refractivity contribution in [2.75, 3.05) is 0 Å². The maximum absolute atomic E-state index is 6.28. The van der Waals surface area contributed by atoms with Crippen LogP contribution in [-0.2, 0) is 13.0 Å². The highest BCUT2D eigenvalue weighted by Crippen LogP contribution is 2.19. The molecule has 0 bridgehead atoms. The van der Waals surface area contributed by atoms with Crippen molar-refractivity contribution in [3.63, 3.8) is 0 Å². The lowest BCUT2D eigenvalue weighted by atomic mass is 9.92. The van der Waals surface area contributed by atoms with Gasteiger partial charge in [-0.1, -0.05) is 37.3 Å². The minimum absolute atomic E-state index is 0.0573. The Morgan fingerprint density at radius 3 is 2.67 bits per heavy atom. The van der Waals surface area contributed by atoms with Gasteiger partial charge in [0.05, 0.1) is 0 Å². The van der Waals surface area contributed by atoms with Gasteiger partial charge in [-0.25, -0.2) is 4.98 Å². The Bertz CT molecular complexity index is 478. The van der Waals surface area contributed by atoms with Crippen LogP contribution in [0.15, 0.2) is 36.7 Å². The van der Waals surface area contributed by atoms with Crippen LogP contribution < -0.4 is 5.73 Å². The molecule has 2 aromatic rings. The lowest BCUT2D eigenvalue weighted by Gasteiger charge is -2.20. The molecule has 1 aromatic heterocycles. The van der Waals surface area contributed by atoms with Crippen LogP contribution >= 0.6 is 0 Å². The summed E-state index contributed by atoms with van der Waals surface area (Å²) in [4.78, 5) is 4.27. The topological polar surface area (TPSA) is 56.7 Å². The average molecular weight is 244 g/mol. The molecule has 0 saturated heterocycles. The van der Waals surface area contributed by atoms with Gasteiger partial charge in [0.25, 0.3) is 0 Å². The standard InChI is InChI=1S/C14H20N4/c1-3-18-14(16-10-17-18)9-13(15)11(2)12-7-5-4-6-8-12/h4-8,10-11,13H,3,9,15H2,1-2H3. The van der Waals surface area contributed by atoms with Crippen molar-refractivity contribution >= 4 is 0 Å². The van der Waals surface area contributed by atoms with Gasteiger partial charge in [0.2, 0.25) is 0 Å². The van der Waals surface area contributed by atoms with E-state index in [1.54, 1.807) is 6.33 Å². The Morgan fingerprint density at radius 2 is 2.00 bits per heavy atom. The van der Waals surface area contributed by atoms with Crippen LogP contribution in [0.2, 0.25) is 0 Å². The van der Waals surface area contributed by atoms with E-state index in [0.29, 0.717) is 5.92 Å². The van der Waals surface area contributed by atoms with E-state index in [1.165, 1.54) is 5.56 Å². The third-order valence-electron chi connectivity index (χ3n) is 3.38. The van der Waals surface area contributed by atoms with E-state index in [0.717, 1.165) is 18.8 Å². The number of hydrogen-bond acceptors (Lipinski definition) is 3. The van der Waals surface area contributed by atoms with E-state index in [2.05, 4.69) is 36.1 Å². The first-order valence-electron chi connectivity index (χ1n) is 6.39. The molecule has 0 aliphatic heterocycles. The molecule has 0 fully saturated rings. The molecule has 1 heterocycles. The summed E-state index contributed by atoms with van der Waals surface area (Å²) in [5.74, 6) is 1.28. The highest BCUT2D eigenvalue weighted by Gasteiger charge is 2.17. The van der Waals surface area contributed by atoms with Crippen LogP contribution in [0.4, 0.5) is 0 Å². The van der Waals surface area contributed by atoms with Crippen molar-refractivity contribution in [3.05, 3.63) is 48.0 Å². The molecular weight excluding hydrogens is 224 g/mol. The number of aromatic nitrogens is 3. The first-order valence-corrected chi connectivity index (χ1v) is 6.39. The number of rotatable bonds is 5. The lowest BCUT2D eigenvalue weighted by Crippen LogP contribution is -2.30. The van der Waals surface area contributed by atoms with Crippen molar-refractivity contribution < 1.29 is 0 Å². The summed E-state index contributed by atoms with van der Waals surface area (Å²) in [5.41, 5.74) is 7.55. The smallest absolute Gasteiger partial charge is 0.138 e. The molecule has 1 aromatic carbocycles. The van der Waals surface area contributed by atoms with E-state index < -0.39 is 0 Å². The van der Waals surface area contributed by atoms with E-state index >= 15 is 0 Å². The van der Waals surface area contributed by atoms with Gasteiger partial charge in [-0.05, 0) is 18.4 Å². The Hall–Kier alpha value is -1.68. The normalized spacial score (nSPS) is 14.4. The summed E-state index contributed by atoms with van der Waals surface area (Å²) in [6, 6.07) is 10.4. The van der Waals surface area contributed by atoms with Crippen LogP contribution in [-0.4, -0.2) is 20.8 Å². The predicted octanol–water partition coefficient (Wildman–Crippen LogP) is 1.97. The molecule has 4 nitrogen and oxygen atoms in total. The van der Waals surface area contributed by atoms with E-state index in [-0.39, 0.29) is 6.04 Å². The number of aryl methyl sites for hydroxylation is 1. The Balaban J connectivity index is 2.06. The monoisotopic (exact) mass is 244 g/mol. The molecule has 18 heavy (non-hydrogen) atoms. The molecule has 2 rings (SSSR count). The summed E-state index contributed by atoms with van der Waals surface area (Å²) < 4.78 is 1.90. The number of nitrogens with two attached hydrogens (primary N) is 1. The van der Waals surface area contributed by atoms with E-state index in [9.17, 15) is 0 Å². The fourth-order valence-electron chi connectivity index (χ4n) is 2.10. The largest absolute Gasteiger partial charge is 0.327 e. The highest BCUT2D eigenvalue weighted by molar-refractivity contribution is 5.20. The predicted molar refractivity (Wildman–Crippen MR) is 72.2 cm³/mol. The van der Waals surface area contributed by atoms with Crippen molar-refractivity contribution in [2.24, 2.45) is 5.73 Å². The Kier molecular flexibility index (Phi) is 4.10. The molecule has 0 aliphatic rings. The van der Waals surface area contributed by atoms with Crippen LogP contribution in [0.3, 0.4) is 0 Å². The van der Waals surface area contributed by atoms with Gasteiger partial charge in [0.1, 0.15) is 12.2 Å². The summed E-state index contributed by atoms with van der Waals surface area (Å²) in [6.07, 6.45) is 2.35. The second-order valence-corrected chi connectivity index (χ2v) is 4.56. The quantitative estimate of drug-likeness (QED) is 0.875. The van der Waals surface area contributed by atoms with Gasteiger partial charge < -0.3 is 5.73 Å². The first-order chi connectivity index (χ1) is 8.72. The molecular formula is C14H20N4. The summed E-state index contributed by atoms with van der Waals surface area (Å²) in [7, 11) is 0. The maximum atomic E-state index is 6.28. The van der Waals surface area contributed by atoms with Crippen LogP contribution in [0.5, 0.6) is 0 Å². The molecule has 0 aliphatic carbocycles. The fraction of sp³-hybridized carbons (Fsp3) is 0.429. The van der Waals surface area contributed by atoms with Gasteiger partial charge in [-0.3, -0.25) is 4.68 Å². The van der Waals surface area contributed by atoms with Crippen LogP contribution in [0.1, 0.15) is 31.2 Å². The van der Waals surface area contributed by atoms with E-state index in [4.69, 9.17) is 5.73 Å². The molecule has 0 amide bonds. The third-order valence-corrected chi connectivity index (χ3v) is 3.38. The molecule has 0 radical (unpaired) electrons. The second kappa shape index (κ2) is 5.78. The van der Waals surface area contributed by atoms with Crippen molar-refractivity contribution in [1.29, 1.82) is 0 Å². The third kappa shape index (κ3) is 2.76. The Morgan fingerprint density at radius 1 is 1.28 bits per heavy atom. The maximum Gasteiger partial charge on any atom is 0.138 e. The van der Waals surface area contributed by atoms with Gasteiger partial charge in [-0.2, -0.15) is 5.10 Å². The molecule has 4 heteroatoms. The van der Waals surface area contributed by atoms with Gasteiger partial charge in [0.15, 0.2) is 0 Å². The van der Waals surface area contributed by atoms with Gasteiger partial charge in [-0.15, -0.1) is 0 Å². The summed E-state index contributed by atoms with van der Waals surface area (Å²) in [5, 5.41) is 4.17. The molecule has 2 atom stereocenters. The zero-order chi connectivity index (χ0) is 13.0. The zero-order valence-corrected chi connectivity index (χ0v) is 11.0.